The van der Waals surface area contributed by atoms with E-state index in [1.54, 1.807) is 36.8 Å². The van der Waals surface area contributed by atoms with Crippen LogP contribution in [0.4, 0.5) is 8.78 Å². The minimum absolute atomic E-state index is 0.0876. The second-order valence-electron chi connectivity index (χ2n) is 7.20. The van der Waals surface area contributed by atoms with Gasteiger partial charge in [0.25, 0.3) is 0 Å². The first-order valence-corrected chi connectivity index (χ1v) is 10.1. The quantitative estimate of drug-likeness (QED) is 0.370. The molecule has 0 spiro atoms. The highest BCUT2D eigenvalue weighted by molar-refractivity contribution is 6.39. The normalized spacial score (nSPS) is 12.2. The summed E-state index contributed by atoms with van der Waals surface area (Å²) in [4.78, 5) is 15.7. The van der Waals surface area contributed by atoms with Crippen LogP contribution >= 0.6 is 11.6 Å². The van der Waals surface area contributed by atoms with E-state index >= 15 is 0 Å². The molecule has 5 aromatic rings. The molecule has 158 valence electrons. The fourth-order valence-electron chi connectivity index (χ4n) is 3.63. The number of hydrogen-bond donors (Lipinski definition) is 2. The lowest BCUT2D eigenvalue weighted by Gasteiger charge is -2.13. The predicted molar refractivity (Wildman–Crippen MR) is 118 cm³/mol. The number of aromatic nitrogens is 4. The van der Waals surface area contributed by atoms with Crippen molar-refractivity contribution in [3.63, 3.8) is 0 Å². The van der Waals surface area contributed by atoms with Crippen LogP contribution in [0.5, 0.6) is 0 Å². The van der Waals surface area contributed by atoms with Crippen molar-refractivity contribution in [2.24, 2.45) is 0 Å². The average Bonchev–Trinajstić information content (AvgIpc) is 3.25. The molecule has 32 heavy (non-hydrogen) atoms. The summed E-state index contributed by atoms with van der Waals surface area (Å²) in [5.41, 5.74) is 3.61. The van der Waals surface area contributed by atoms with Crippen LogP contribution in [-0.2, 0) is 0 Å². The summed E-state index contributed by atoms with van der Waals surface area (Å²) in [6, 6.07) is 10.5. The van der Waals surface area contributed by atoms with Crippen LogP contribution in [0, 0.1) is 11.6 Å². The van der Waals surface area contributed by atoms with E-state index < -0.39 is 11.9 Å². The van der Waals surface area contributed by atoms with E-state index in [1.807, 2.05) is 0 Å². The van der Waals surface area contributed by atoms with Gasteiger partial charge >= 0.3 is 0 Å². The third-order valence-electron chi connectivity index (χ3n) is 5.23. The summed E-state index contributed by atoms with van der Waals surface area (Å²) in [6.45, 7) is 0. The van der Waals surface area contributed by atoms with Gasteiger partial charge in [0.15, 0.2) is 0 Å². The lowest BCUT2D eigenvalue weighted by Crippen LogP contribution is -2.05. The Hall–Kier alpha value is -3.68. The van der Waals surface area contributed by atoms with Crippen molar-refractivity contribution in [1.82, 2.24) is 19.9 Å². The van der Waals surface area contributed by atoms with Gasteiger partial charge in [0.1, 0.15) is 29.1 Å². The van der Waals surface area contributed by atoms with Crippen LogP contribution in [0.2, 0.25) is 5.02 Å². The zero-order valence-electron chi connectivity index (χ0n) is 16.4. The van der Waals surface area contributed by atoms with Crippen molar-refractivity contribution >= 4 is 22.6 Å². The number of nitrogens with zero attached hydrogens (tertiary/aromatic N) is 3. The number of aromatic amines is 1. The molecule has 2 N–H and O–H groups in total. The molecule has 8 heteroatoms. The molecule has 1 unspecified atom stereocenters. The van der Waals surface area contributed by atoms with E-state index in [1.165, 1.54) is 36.7 Å². The number of aliphatic hydroxyl groups is 1. The van der Waals surface area contributed by atoms with Gasteiger partial charge in [-0.3, -0.25) is 9.97 Å². The fraction of sp³-hybridized carbons (Fsp3) is 0.0417. The molecule has 0 saturated heterocycles. The summed E-state index contributed by atoms with van der Waals surface area (Å²) in [5, 5.41) is 11.7. The topological polar surface area (TPSA) is 74.7 Å². The summed E-state index contributed by atoms with van der Waals surface area (Å²) in [7, 11) is 0. The molecule has 4 aromatic heterocycles. The SMILES string of the molecule is OC(c1cncc(-c2cnc3[nH]cc(-c4ccc(F)cc4)c3c2Cl)c1)c1ncccc1F. The van der Waals surface area contributed by atoms with Gasteiger partial charge in [-0.1, -0.05) is 23.7 Å². The molecule has 1 aromatic carbocycles. The van der Waals surface area contributed by atoms with E-state index in [9.17, 15) is 13.9 Å². The molecule has 1 atom stereocenters. The smallest absolute Gasteiger partial charge is 0.147 e. The van der Waals surface area contributed by atoms with Crippen LogP contribution in [0.1, 0.15) is 17.4 Å². The van der Waals surface area contributed by atoms with Crippen molar-refractivity contribution in [2.75, 3.05) is 0 Å². The van der Waals surface area contributed by atoms with Gasteiger partial charge in [-0.15, -0.1) is 0 Å². The number of nitrogens with one attached hydrogen (secondary N) is 1. The molecule has 0 aliphatic carbocycles. The number of fused-ring (bicyclic) bond motifs is 1. The largest absolute Gasteiger partial charge is 0.382 e. The summed E-state index contributed by atoms with van der Waals surface area (Å²) >= 11 is 6.78. The zero-order valence-corrected chi connectivity index (χ0v) is 17.2. The second kappa shape index (κ2) is 8.11. The zero-order chi connectivity index (χ0) is 22.2. The van der Waals surface area contributed by atoms with E-state index in [2.05, 4.69) is 19.9 Å². The number of pyridine rings is 3. The average molecular weight is 449 g/mol. The van der Waals surface area contributed by atoms with Crippen molar-refractivity contribution in [3.05, 3.63) is 101 Å². The number of halogens is 3. The first kappa shape index (κ1) is 20.2. The van der Waals surface area contributed by atoms with Gasteiger partial charge in [0, 0.05) is 58.6 Å². The first-order valence-electron chi connectivity index (χ1n) is 9.68. The highest BCUT2D eigenvalue weighted by Gasteiger charge is 2.19. The van der Waals surface area contributed by atoms with Gasteiger partial charge in [-0.25, -0.2) is 13.8 Å². The Kier molecular flexibility index (Phi) is 5.13. The Morgan fingerprint density at radius 2 is 1.75 bits per heavy atom. The summed E-state index contributed by atoms with van der Waals surface area (Å²) < 4.78 is 27.4. The van der Waals surface area contributed by atoms with E-state index in [0.29, 0.717) is 32.7 Å². The standard InChI is InChI=1S/C24H15ClF2N4O/c25-21-18(12-31-24-20(21)17(11-30-24)13-3-5-16(26)6-4-13)14-8-15(10-28-9-14)23(32)22-19(27)2-1-7-29-22/h1-12,23,32H,(H,30,31). The monoisotopic (exact) mass is 448 g/mol. The maximum absolute atomic E-state index is 14.1. The molecule has 0 amide bonds. The third kappa shape index (κ3) is 3.51. The molecule has 5 rings (SSSR count). The second-order valence-corrected chi connectivity index (χ2v) is 7.58. The molecule has 4 heterocycles. The number of aliphatic hydroxyl groups excluding tert-OH is 1. The number of rotatable bonds is 4. The number of H-pyrrole nitrogens is 1. The van der Waals surface area contributed by atoms with Gasteiger partial charge in [0.2, 0.25) is 0 Å². The minimum atomic E-state index is -1.29. The van der Waals surface area contributed by atoms with Crippen molar-refractivity contribution in [1.29, 1.82) is 0 Å². The first-order chi connectivity index (χ1) is 15.5. The van der Waals surface area contributed by atoms with Crippen molar-refractivity contribution in [2.45, 2.75) is 6.10 Å². The molecule has 0 aliphatic rings. The predicted octanol–water partition coefficient (Wildman–Crippen LogP) is 5.70. The third-order valence-corrected chi connectivity index (χ3v) is 5.62. The van der Waals surface area contributed by atoms with E-state index in [0.717, 1.165) is 11.1 Å². The minimum Gasteiger partial charge on any atom is -0.382 e. The Labute approximate surface area is 186 Å². The fourth-order valence-corrected chi connectivity index (χ4v) is 3.98. The number of hydrogen-bond acceptors (Lipinski definition) is 4. The van der Waals surface area contributed by atoms with Crippen LogP contribution in [0.25, 0.3) is 33.3 Å². The van der Waals surface area contributed by atoms with Gasteiger partial charge in [-0.2, -0.15) is 0 Å². The van der Waals surface area contributed by atoms with E-state index in [4.69, 9.17) is 11.6 Å². The van der Waals surface area contributed by atoms with Crippen molar-refractivity contribution < 1.29 is 13.9 Å². The highest BCUT2D eigenvalue weighted by atomic mass is 35.5. The lowest BCUT2D eigenvalue weighted by molar-refractivity contribution is 0.209. The Bertz CT molecular complexity index is 1440. The summed E-state index contributed by atoms with van der Waals surface area (Å²) in [5.74, 6) is -0.938. The van der Waals surface area contributed by atoms with Crippen LogP contribution < -0.4 is 0 Å². The molecule has 0 radical (unpaired) electrons. The van der Waals surface area contributed by atoms with Crippen molar-refractivity contribution in [3.8, 4) is 22.3 Å². The number of benzene rings is 1. The summed E-state index contributed by atoms with van der Waals surface area (Å²) in [6.07, 6.45) is 6.52. The van der Waals surface area contributed by atoms with Gasteiger partial charge in [0.05, 0.1) is 5.02 Å². The molecular weight excluding hydrogens is 434 g/mol. The van der Waals surface area contributed by atoms with Crippen LogP contribution in [0.15, 0.2) is 73.4 Å². The van der Waals surface area contributed by atoms with Gasteiger partial charge in [-0.05, 0) is 35.9 Å². The molecule has 0 saturated carbocycles. The molecule has 0 fully saturated rings. The maximum Gasteiger partial charge on any atom is 0.147 e. The molecule has 5 nitrogen and oxygen atoms in total. The van der Waals surface area contributed by atoms with Crippen LogP contribution in [0.3, 0.4) is 0 Å². The molecule has 0 bridgehead atoms. The molecular formula is C24H15ClF2N4O. The maximum atomic E-state index is 14.1. The lowest BCUT2D eigenvalue weighted by atomic mass is 10.0. The highest BCUT2D eigenvalue weighted by Crippen LogP contribution is 2.39. The Morgan fingerprint density at radius 1 is 0.938 bits per heavy atom. The van der Waals surface area contributed by atoms with Gasteiger partial charge < -0.3 is 10.1 Å². The molecule has 0 aliphatic heterocycles. The Morgan fingerprint density at radius 3 is 2.53 bits per heavy atom. The van der Waals surface area contributed by atoms with Crippen LogP contribution in [-0.4, -0.2) is 25.0 Å². The van der Waals surface area contributed by atoms with E-state index in [-0.39, 0.29) is 11.5 Å². The Balaban J connectivity index is 1.60.